The van der Waals surface area contributed by atoms with Crippen molar-refractivity contribution in [3.63, 3.8) is 0 Å². The van der Waals surface area contributed by atoms with Gasteiger partial charge in [0.1, 0.15) is 0 Å². The smallest absolute Gasteiger partial charge is 0.0475 e. The molecule has 0 bridgehead atoms. The largest absolute Gasteiger partial charge is 0.381 e. The maximum absolute atomic E-state index is 5.58. The fourth-order valence-electron chi connectivity index (χ4n) is 2.74. The number of nitrogens with one attached hydrogen (secondary N) is 1. The molecule has 1 aliphatic heterocycles. The third-order valence-corrected chi connectivity index (χ3v) is 4.04. The predicted octanol–water partition coefficient (Wildman–Crippen LogP) is 3.43. The fraction of sp³-hybridized carbons (Fsp3) is 0.647. The van der Waals surface area contributed by atoms with Crippen molar-refractivity contribution in [2.75, 3.05) is 19.8 Å². The lowest BCUT2D eigenvalue weighted by atomic mass is 9.73. The molecule has 1 saturated heterocycles. The summed E-state index contributed by atoms with van der Waals surface area (Å²) < 4.78 is 5.58. The van der Waals surface area contributed by atoms with E-state index in [-0.39, 0.29) is 11.0 Å². The van der Waals surface area contributed by atoms with E-state index >= 15 is 0 Å². The van der Waals surface area contributed by atoms with Crippen LogP contribution in [0.25, 0.3) is 0 Å². The van der Waals surface area contributed by atoms with E-state index in [0.29, 0.717) is 0 Å². The minimum Gasteiger partial charge on any atom is -0.381 e. The summed E-state index contributed by atoms with van der Waals surface area (Å²) in [5.41, 5.74) is 3.21. The van der Waals surface area contributed by atoms with Crippen molar-refractivity contribution in [1.29, 1.82) is 0 Å². The third kappa shape index (κ3) is 3.80. The zero-order valence-electron chi connectivity index (χ0n) is 12.8. The SMILES string of the molecule is Cc1cccc(C2(CNC(C)(C)C)CCOCC2)c1. The van der Waals surface area contributed by atoms with Gasteiger partial charge >= 0.3 is 0 Å². The van der Waals surface area contributed by atoms with Crippen LogP contribution >= 0.6 is 0 Å². The summed E-state index contributed by atoms with van der Waals surface area (Å²) in [5.74, 6) is 0. The molecule has 0 radical (unpaired) electrons. The van der Waals surface area contributed by atoms with Crippen molar-refractivity contribution in [2.45, 2.75) is 51.5 Å². The van der Waals surface area contributed by atoms with Crippen LogP contribution in [0.5, 0.6) is 0 Å². The molecule has 1 heterocycles. The molecule has 1 aromatic carbocycles. The molecular formula is C17H27NO. The average molecular weight is 261 g/mol. The molecule has 19 heavy (non-hydrogen) atoms. The first kappa shape index (κ1) is 14.5. The molecular weight excluding hydrogens is 234 g/mol. The van der Waals surface area contributed by atoms with Crippen LogP contribution in [0.1, 0.15) is 44.7 Å². The van der Waals surface area contributed by atoms with Gasteiger partial charge in [0.15, 0.2) is 0 Å². The van der Waals surface area contributed by atoms with Gasteiger partial charge in [-0.05, 0) is 46.1 Å². The van der Waals surface area contributed by atoms with Crippen molar-refractivity contribution in [3.8, 4) is 0 Å². The molecule has 0 aliphatic carbocycles. The van der Waals surface area contributed by atoms with E-state index in [1.807, 2.05) is 0 Å². The second-order valence-electron chi connectivity index (χ2n) is 6.87. The number of rotatable bonds is 3. The highest BCUT2D eigenvalue weighted by molar-refractivity contribution is 5.30. The minimum absolute atomic E-state index is 0.162. The first-order valence-electron chi connectivity index (χ1n) is 7.31. The summed E-state index contributed by atoms with van der Waals surface area (Å²) >= 11 is 0. The molecule has 2 nitrogen and oxygen atoms in total. The Morgan fingerprint density at radius 2 is 1.89 bits per heavy atom. The number of aryl methyl sites for hydroxylation is 1. The van der Waals surface area contributed by atoms with Gasteiger partial charge in [-0.3, -0.25) is 0 Å². The Bertz CT molecular complexity index is 414. The van der Waals surface area contributed by atoms with Gasteiger partial charge in [0.2, 0.25) is 0 Å². The average Bonchev–Trinajstić information content (AvgIpc) is 2.37. The lowest BCUT2D eigenvalue weighted by Gasteiger charge is -2.40. The topological polar surface area (TPSA) is 21.3 Å². The van der Waals surface area contributed by atoms with E-state index in [2.05, 4.69) is 57.3 Å². The zero-order valence-corrected chi connectivity index (χ0v) is 12.8. The first-order chi connectivity index (χ1) is 8.91. The fourth-order valence-corrected chi connectivity index (χ4v) is 2.74. The van der Waals surface area contributed by atoms with E-state index in [0.717, 1.165) is 32.6 Å². The second kappa shape index (κ2) is 5.64. The highest BCUT2D eigenvalue weighted by Crippen LogP contribution is 2.35. The Balaban J connectivity index is 2.24. The van der Waals surface area contributed by atoms with Crippen LogP contribution in [-0.4, -0.2) is 25.3 Å². The summed E-state index contributed by atoms with van der Waals surface area (Å²) in [6, 6.07) is 8.98. The summed E-state index contributed by atoms with van der Waals surface area (Å²) in [7, 11) is 0. The Hall–Kier alpha value is -0.860. The first-order valence-corrected chi connectivity index (χ1v) is 7.31. The van der Waals surface area contributed by atoms with Crippen molar-refractivity contribution in [2.24, 2.45) is 0 Å². The molecule has 106 valence electrons. The molecule has 2 heteroatoms. The van der Waals surface area contributed by atoms with Gasteiger partial charge in [-0.15, -0.1) is 0 Å². The number of hydrogen-bond donors (Lipinski definition) is 1. The van der Waals surface area contributed by atoms with Crippen molar-refractivity contribution in [1.82, 2.24) is 5.32 Å². The van der Waals surface area contributed by atoms with Gasteiger partial charge in [-0.1, -0.05) is 29.8 Å². The van der Waals surface area contributed by atoms with E-state index < -0.39 is 0 Å². The van der Waals surface area contributed by atoms with Gasteiger partial charge < -0.3 is 10.1 Å². The number of benzene rings is 1. The van der Waals surface area contributed by atoms with Crippen molar-refractivity contribution >= 4 is 0 Å². The molecule has 0 amide bonds. The maximum Gasteiger partial charge on any atom is 0.0475 e. The predicted molar refractivity (Wildman–Crippen MR) is 80.7 cm³/mol. The number of ether oxygens (including phenoxy) is 1. The Kier molecular flexibility index (Phi) is 4.32. The summed E-state index contributed by atoms with van der Waals surface area (Å²) in [4.78, 5) is 0. The quantitative estimate of drug-likeness (QED) is 0.900. The van der Waals surface area contributed by atoms with Crippen molar-refractivity contribution < 1.29 is 4.74 Å². The van der Waals surface area contributed by atoms with E-state index in [4.69, 9.17) is 4.74 Å². The summed E-state index contributed by atoms with van der Waals surface area (Å²) in [6.45, 7) is 11.7. The molecule has 1 aliphatic rings. The lowest BCUT2D eigenvalue weighted by molar-refractivity contribution is 0.0476. The van der Waals surface area contributed by atoms with Gasteiger partial charge in [0.25, 0.3) is 0 Å². The third-order valence-electron chi connectivity index (χ3n) is 4.04. The highest BCUT2D eigenvalue weighted by Gasteiger charge is 2.35. The standard InChI is InChI=1S/C17H27NO/c1-14-6-5-7-15(12-14)17(8-10-19-11-9-17)13-18-16(2,3)4/h5-7,12,18H,8-11,13H2,1-4H3. The molecule has 1 fully saturated rings. The van der Waals surface area contributed by atoms with Gasteiger partial charge in [0, 0.05) is 30.7 Å². The minimum atomic E-state index is 0.162. The van der Waals surface area contributed by atoms with Gasteiger partial charge in [-0.2, -0.15) is 0 Å². The Morgan fingerprint density at radius 1 is 1.21 bits per heavy atom. The van der Waals surface area contributed by atoms with Crippen LogP contribution in [0.2, 0.25) is 0 Å². The molecule has 0 atom stereocenters. The Labute approximate surface area is 117 Å². The molecule has 1 N–H and O–H groups in total. The molecule has 2 rings (SSSR count). The van der Waals surface area contributed by atoms with Crippen LogP contribution in [-0.2, 0) is 10.2 Å². The molecule has 0 saturated carbocycles. The second-order valence-corrected chi connectivity index (χ2v) is 6.87. The molecule has 1 aromatic rings. The lowest BCUT2D eigenvalue weighted by Crippen LogP contribution is -2.48. The summed E-state index contributed by atoms with van der Waals surface area (Å²) in [5, 5.41) is 3.69. The monoisotopic (exact) mass is 261 g/mol. The molecule has 0 unspecified atom stereocenters. The normalized spacial score (nSPS) is 19.4. The molecule has 0 aromatic heterocycles. The Morgan fingerprint density at radius 3 is 2.47 bits per heavy atom. The number of hydrogen-bond acceptors (Lipinski definition) is 2. The van der Waals surface area contributed by atoms with E-state index in [1.165, 1.54) is 11.1 Å². The van der Waals surface area contributed by atoms with E-state index in [1.54, 1.807) is 0 Å². The van der Waals surface area contributed by atoms with Crippen LogP contribution in [0.15, 0.2) is 24.3 Å². The van der Waals surface area contributed by atoms with Gasteiger partial charge in [-0.25, -0.2) is 0 Å². The van der Waals surface area contributed by atoms with Crippen LogP contribution in [0.3, 0.4) is 0 Å². The van der Waals surface area contributed by atoms with E-state index in [9.17, 15) is 0 Å². The van der Waals surface area contributed by atoms with Crippen LogP contribution in [0, 0.1) is 6.92 Å². The maximum atomic E-state index is 5.58. The summed E-state index contributed by atoms with van der Waals surface area (Å²) in [6.07, 6.45) is 2.22. The molecule has 0 spiro atoms. The highest BCUT2D eigenvalue weighted by atomic mass is 16.5. The van der Waals surface area contributed by atoms with Crippen molar-refractivity contribution in [3.05, 3.63) is 35.4 Å². The van der Waals surface area contributed by atoms with Crippen LogP contribution < -0.4 is 5.32 Å². The van der Waals surface area contributed by atoms with Crippen LogP contribution in [0.4, 0.5) is 0 Å². The van der Waals surface area contributed by atoms with Gasteiger partial charge in [0.05, 0.1) is 0 Å². The zero-order chi connectivity index (χ0) is 13.9.